The second kappa shape index (κ2) is 15.3. The molecule has 7 rings (SSSR count). The van der Waals surface area contributed by atoms with Gasteiger partial charge in [-0.05, 0) is 77.9 Å². The Morgan fingerprint density at radius 2 is 1.54 bits per heavy atom. The van der Waals surface area contributed by atoms with E-state index in [-0.39, 0.29) is 36.4 Å². The third-order valence-electron chi connectivity index (χ3n) is 10.5. The van der Waals surface area contributed by atoms with Crippen LogP contribution in [0.5, 0.6) is 5.75 Å². The summed E-state index contributed by atoms with van der Waals surface area (Å²) in [5, 5.41) is 8.56. The number of hydrogen-bond acceptors (Lipinski definition) is 9. The van der Waals surface area contributed by atoms with Crippen LogP contribution in [0.1, 0.15) is 40.2 Å². The molecule has 2 fully saturated rings. The highest BCUT2D eigenvalue weighted by atomic mass is 19.1. The van der Waals surface area contributed by atoms with E-state index in [1.54, 1.807) is 15.6 Å². The van der Waals surface area contributed by atoms with Gasteiger partial charge >= 0.3 is 5.69 Å². The van der Waals surface area contributed by atoms with E-state index in [4.69, 9.17) is 14.2 Å². The summed E-state index contributed by atoms with van der Waals surface area (Å²) in [6, 6.07) is 19.4. The fourth-order valence-electron chi connectivity index (χ4n) is 7.58. The van der Waals surface area contributed by atoms with Gasteiger partial charge in [0.05, 0.1) is 18.8 Å². The van der Waals surface area contributed by atoms with Gasteiger partial charge in [-0.25, -0.2) is 32.5 Å². The van der Waals surface area contributed by atoms with Gasteiger partial charge in [0, 0.05) is 49.2 Å². The van der Waals surface area contributed by atoms with E-state index in [2.05, 4.69) is 71.7 Å². The number of aromatic nitrogens is 6. The molecule has 0 saturated carbocycles. The quantitative estimate of drug-likeness (QED) is 0.155. The Balaban J connectivity index is 0.915. The van der Waals surface area contributed by atoms with Crippen molar-refractivity contribution >= 4 is 11.4 Å². The van der Waals surface area contributed by atoms with Crippen LogP contribution in [-0.2, 0) is 28.4 Å². The fourth-order valence-corrected chi connectivity index (χ4v) is 7.58. The van der Waals surface area contributed by atoms with Crippen LogP contribution in [0.15, 0.2) is 90.5 Å². The number of hydrogen-bond donors (Lipinski definition) is 0. The maximum Gasteiger partial charge on any atom is 0.350 e. The van der Waals surface area contributed by atoms with Crippen LogP contribution in [0.2, 0.25) is 0 Å². The van der Waals surface area contributed by atoms with Gasteiger partial charge in [0.2, 0.25) is 5.79 Å². The monoisotopic (exact) mass is 742 g/mol. The lowest BCUT2D eigenvalue weighted by molar-refractivity contribution is -0.192. The Labute approximate surface area is 313 Å². The van der Waals surface area contributed by atoms with Crippen LogP contribution in [-0.4, -0.2) is 74.6 Å². The van der Waals surface area contributed by atoms with Gasteiger partial charge in [-0.1, -0.05) is 34.6 Å². The first-order valence-corrected chi connectivity index (χ1v) is 18.5. The van der Waals surface area contributed by atoms with Crippen molar-refractivity contribution in [2.45, 2.75) is 59.6 Å². The molecule has 0 amide bonds. The van der Waals surface area contributed by atoms with Crippen molar-refractivity contribution in [3.05, 3.63) is 113 Å². The Bertz CT molecular complexity index is 2050. The molecule has 0 spiro atoms. The predicted octanol–water partition coefficient (Wildman–Crippen LogP) is 5.90. The summed E-state index contributed by atoms with van der Waals surface area (Å²) >= 11 is 0. The molecule has 0 bridgehead atoms. The van der Waals surface area contributed by atoms with E-state index >= 15 is 0 Å². The van der Waals surface area contributed by atoms with Crippen molar-refractivity contribution in [3.8, 4) is 11.4 Å². The summed E-state index contributed by atoms with van der Waals surface area (Å²) in [5.74, 6) is -1.55. The molecular weight excluding hydrogens is 694 g/mol. The molecule has 0 N–H and O–H groups in total. The average Bonchev–Trinajstić information content (AvgIpc) is 3.90. The average molecular weight is 743 g/mol. The minimum absolute atomic E-state index is 0.0319. The summed E-state index contributed by atoms with van der Waals surface area (Å²) in [7, 11) is 0. The van der Waals surface area contributed by atoms with Crippen molar-refractivity contribution in [3.63, 3.8) is 0 Å². The van der Waals surface area contributed by atoms with Crippen LogP contribution in [0.4, 0.5) is 20.2 Å². The normalized spacial score (nSPS) is 19.8. The fraction of sp³-hybridized carbons (Fsp3) is 0.450. The van der Waals surface area contributed by atoms with Gasteiger partial charge in [0.25, 0.3) is 0 Å². The van der Waals surface area contributed by atoms with Gasteiger partial charge in [-0.2, -0.15) is 10.2 Å². The number of ether oxygens (including phenoxy) is 3. The Kier molecular flexibility index (Phi) is 10.6. The third-order valence-corrected chi connectivity index (χ3v) is 10.5. The number of nitrogens with zero attached hydrogens (tertiary/aromatic N) is 8. The van der Waals surface area contributed by atoms with Crippen molar-refractivity contribution in [1.29, 1.82) is 0 Å². The third kappa shape index (κ3) is 8.04. The maximum atomic E-state index is 14.9. The molecule has 54 heavy (non-hydrogen) atoms. The zero-order chi connectivity index (χ0) is 38.0. The van der Waals surface area contributed by atoms with E-state index in [0.717, 1.165) is 49.3 Å². The molecule has 5 aromatic rings. The lowest BCUT2D eigenvalue weighted by atomic mass is 9.74. The van der Waals surface area contributed by atoms with Crippen LogP contribution in [0, 0.1) is 28.9 Å². The molecular formula is C40H48F2N8O4. The highest BCUT2D eigenvalue weighted by molar-refractivity contribution is 5.54. The molecule has 3 unspecified atom stereocenters. The number of piperazine rings is 1. The van der Waals surface area contributed by atoms with Gasteiger partial charge < -0.3 is 24.0 Å². The van der Waals surface area contributed by atoms with Gasteiger partial charge in [-0.15, -0.1) is 0 Å². The molecule has 0 radical (unpaired) electrons. The number of rotatable bonds is 12. The summed E-state index contributed by atoms with van der Waals surface area (Å²) in [6.07, 6.45) is 3.96. The second-order valence-corrected chi connectivity index (χ2v) is 15.5. The van der Waals surface area contributed by atoms with Gasteiger partial charge in [0.15, 0.2) is 0 Å². The minimum Gasteiger partial charge on any atom is -0.491 e. The van der Waals surface area contributed by atoms with E-state index in [1.807, 2.05) is 36.4 Å². The first-order chi connectivity index (χ1) is 25.9. The number of anilines is 2. The van der Waals surface area contributed by atoms with Crippen LogP contribution in [0.3, 0.4) is 0 Å². The summed E-state index contributed by atoms with van der Waals surface area (Å²) in [6.45, 7) is 15.4. The molecule has 4 heterocycles. The zero-order valence-corrected chi connectivity index (χ0v) is 31.4. The topological polar surface area (TPSA) is 105 Å². The highest BCUT2D eigenvalue weighted by Gasteiger charge is 2.46. The highest BCUT2D eigenvalue weighted by Crippen LogP contribution is 2.38. The molecule has 2 saturated heterocycles. The molecule has 14 heteroatoms. The molecule has 3 atom stereocenters. The van der Waals surface area contributed by atoms with Crippen molar-refractivity contribution < 1.29 is 23.0 Å². The lowest BCUT2D eigenvalue weighted by Gasteiger charge is -2.37. The zero-order valence-electron chi connectivity index (χ0n) is 31.4. The first kappa shape index (κ1) is 37.2. The van der Waals surface area contributed by atoms with Crippen molar-refractivity contribution in [2.75, 3.05) is 49.2 Å². The molecule has 2 aromatic heterocycles. The van der Waals surface area contributed by atoms with Crippen LogP contribution in [0.25, 0.3) is 5.69 Å². The molecule has 0 aliphatic carbocycles. The second-order valence-electron chi connectivity index (χ2n) is 15.5. The number of benzene rings is 3. The van der Waals surface area contributed by atoms with Crippen LogP contribution < -0.4 is 20.2 Å². The van der Waals surface area contributed by atoms with E-state index in [9.17, 15) is 13.6 Å². The lowest BCUT2D eigenvalue weighted by Crippen LogP contribution is -2.46. The Morgan fingerprint density at radius 3 is 2.13 bits per heavy atom. The van der Waals surface area contributed by atoms with Crippen molar-refractivity contribution in [1.82, 2.24) is 29.1 Å². The molecule has 2 aliphatic rings. The van der Waals surface area contributed by atoms with E-state index in [1.165, 1.54) is 29.5 Å². The van der Waals surface area contributed by atoms with Gasteiger partial charge in [0.1, 0.15) is 55.6 Å². The molecule has 2 aliphatic heterocycles. The Morgan fingerprint density at radius 1 is 0.889 bits per heavy atom. The smallest absolute Gasteiger partial charge is 0.350 e. The first-order valence-electron chi connectivity index (χ1n) is 18.5. The maximum absolute atomic E-state index is 14.9. The summed E-state index contributed by atoms with van der Waals surface area (Å²) < 4.78 is 51.7. The molecule has 3 aromatic carbocycles. The van der Waals surface area contributed by atoms with Gasteiger partial charge in [-0.3, -0.25) is 0 Å². The molecule has 12 nitrogen and oxygen atoms in total. The SMILES string of the molecule is CC(C)C(Cn1ncn(-c2ccc(N3CCN(c4ccc(OCC5COC(Cn6cncn6)(c6ccc(F)cc6F)O5)cc4)CC3)cc2)c1=O)C(C)(C)C. The summed E-state index contributed by atoms with van der Waals surface area (Å²) in [5.41, 5.74) is 3.03. The predicted molar refractivity (Wildman–Crippen MR) is 201 cm³/mol. The van der Waals surface area contributed by atoms with E-state index < -0.39 is 23.5 Å². The largest absolute Gasteiger partial charge is 0.491 e. The minimum atomic E-state index is -1.51. The Hall–Kier alpha value is -5.08. The summed E-state index contributed by atoms with van der Waals surface area (Å²) in [4.78, 5) is 21.9. The standard InChI is InChI=1S/C40H48F2N8O4/c1-28(2)36(39(3,4)5)21-50-38(51)49(27-45-50)32-9-7-30(8-10-32)46-16-18-47(19-17-46)31-11-13-33(14-12-31)52-22-34-23-53-40(54-34,24-48-26-43-25-44-48)35-15-6-29(41)20-37(35)42/h6-15,20,25-28,34,36H,16-19,21-24H2,1-5H3. The van der Waals surface area contributed by atoms with Crippen LogP contribution >= 0.6 is 0 Å². The van der Waals surface area contributed by atoms with Crippen molar-refractivity contribution in [2.24, 2.45) is 17.3 Å². The molecule has 286 valence electrons. The number of halogens is 2. The van der Waals surface area contributed by atoms with E-state index in [0.29, 0.717) is 24.1 Å².